The summed E-state index contributed by atoms with van der Waals surface area (Å²) in [5.41, 5.74) is 5.66. The Morgan fingerprint density at radius 2 is 2.04 bits per heavy atom. The summed E-state index contributed by atoms with van der Waals surface area (Å²) in [6.07, 6.45) is 1.79. The minimum absolute atomic E-state index is 0.0234. The van der Waals surface area contributed by atoms with Gasteiger partial charge in [-0.15, -0.1) is 11.3 Å². The van der Waals surface area contributed by atoms with Crippen LogP contribution in [-0.2, 0) is 9.59 Å². The Morgan fingerprint density at radius 3 is 2.74 bits per heavy atom. The lowest BCUT2D eigenvalue weighted by Crippen LogP contribution is -2.30. The maximum Gasteiger partial charge on any atom is 0.258 e. The molecule has 0 saturated carbocycles. The second-order valence-corrected chi connectivity index (χ2v) is 7.49. The molecule has 0 bridgehead atoms. The van der Waals surface area contributed by atoms with Crippen molar-refractivity contribution in [3.05, 3.63) is 52.0 Å². The van der Waals surface area contributed by atoms with Crippen LogP contribution in [0.25, 0.3) is 0 Å². The number of hydrogen-bond acceptors (Lipinski definition) is 4. The minimum Gasteiger partial charge on any atom is -0.365 e. The Kier molecular flexibility index (Phi) is 5.85. The Morgan fingerprint density at radius 1 is 1.22 bits per heavy atom. The topological polar surface area (TPSA) is 92.5 Å². The molecule has 1 fully saturated rings. The number of benzene rings is 1. The highest BCUT2D eigenvalue weighted by Crippen LogP contribution is 2.36. The molecule has 27 heavy (non-hydrogen) atoms. The summed E-state index contributed by atoms with van der Waals surface area (Å²) in [7, 11) is 0. The first kappa shape index (κ1) is 19.0. The molecule has 1 aliphatic rings. The monoisotopic (exact) mass is 389 g/mol. The van der Waals surface area contributed by atoms with Gasteiger partial charge in [-0.25, -0.2) is 4.39 Å². The summed E-state index contributed by atoms with van der Waals surface area (Å²) in [5, 5.41) is 2.59. The zero-order valence-corrected chi connectivity index (χ0v) is 15.4. The normalized spacial score (nSPS) is 16.3. The predicted molar refractivity (Wildman–Crippen MR) is 101 cm³/mol. The van der Waals surface area contributed by atoms with E-state index in [1.54, 1.807) is 17.0 Å². The molecule has 0 radical (unpaired) electrons. The second kappa shape index (κ2) is 8.30. The van der Waals surface area contributed by atoms with E-state index in [2.05, 4.69) is 5.32 Å². The van der Waals surface area contributed by atoms with E-state index in [4.69, 9.17) is 5.73 Å². The first-order valence-electron chi connectivity index (χ1n) is 8.68. The Labute approximate surface area is 160 Å². The van der Waals surface area contributed by atoms with Gasteiger partial charge in [-0.05, 0) is 43.2 Å². The Bertz CT molecular complexity index is 867. The van der Waals surface area contributed by atoms with Crippen molar-refractivity contribution in [1.82, 2.24) is 4.90 Å². The number of anilines is 1. The molecule has 1 saturated heterocycles. The van der Waals surface area contributed by atoms with Crippen LogP contribution in [0.15, 0.2) is 36.4 Å². The highest BCUT2D eigenvalue weighted by atomic mass is 32.1. The van der Waals surface area contributed by atoms with Crippen LogP contribution in [0.2, 0.25) is 0 Å². The van der Waals surface area contributed by atoms with Gasteiger partial charge >= 0.3 is 0 Å². The molecule has 3 amide bonds. The van der Waals surface area contributed by atoms with Crippen molar-refractivity contribution in [2.45, 2.75) is 31.7 Å². The van der Waals surface area contributed by atoms with Crippen LogP contribution in [-0.4, -0.2) is 29.2 Å². The van der Waals surface area contributed by atoms with E-state index in [0.717, 1.165) is 17.7 Å². The number of rotatable bonds is 6. The molecule has 8 heteroatoms. The van der Waals surface area contributed by atoms with Crippen LogP contribution in [0.1, 0.15) is 46.3 Å². The number of primary amides is 1. The second-order valence-electron chi connectivity index (χ2n) is 6.37. The van der Waals surface area contributed by atoms with E-state index in [1.807, 2.05) is 6.07 Å². The van der Waals surface area contributed by atoms with E-state index in [-0.39, 0.29) is 30.7 Å². The number of nitrogens with zero attached hydrogens (tertiary/aromatic N) is 1. The summed E-state index contributed by atoms with van der Waals surface area (Å²) >= 11 is 1.30. The van der Waals surface area contributed by atoms with E-state index in [0.29, 0.717) is 17.1 Å². The third kappa shape index (κ3) is 4.71. The van der Waals surface area contributed by atoms with Gasteiger partial charge in [0.1, 0.15) is 5.82 Å². The van der Waals surface area contributed by atoms with Gasteiger partial charge in [-0.2, -0.15) is 0 Å². The quantitative estimate of drug-likeness (QED) is 0.795. The fourth-order valence-electron chi connectivity index (χ4n) is 3.18. The van der Waals surface area contributed by atoms with Crippen LogP contribution < -0.4 is 11.1 Å². The number of thiophene rings is 1. The zero-order chi connectivity index (χ0) is 19.4. The molecule has 6 nitrogen and oxygen atoms in total. The van der Waals surface area contributed by atoms with Crippen LogP contribution in [0.4, 0.5) is 10.1 Å². The van der Waals surface area contributed by atoms with Gasteiger partial charge in [0.05, 0.1) is 10.9 Å². The molecule has 142 valence electrons. The SMILES string of the molecule is NC(=O)c1ccc(C2CCCN2C(=O)CCC(=O)Nc2cccc(F)c2)s1. The molecule has 1 unspecified atom stereocenters. The molecular formula is C19H20FN3O3S. The van der Waals surface area contributed by atoms with Gasteiger partial charge in [0, 0.05) is 30.0 Å². The molecule has 1 aliphatic heterocycles. The molecule has 0 aliphatic carbocycles. The summed E-state index contributed by atoms with van der Waals surface area (Å²) in [4.78, 5) is 39.0. The smallest absolute Gasteiger partial charge is 0.258 e. The Balaban J connectivity index is 1.56. The molecule has 3 N–H and O–H groups in total. The van der Waals surface area contributed by atoms with Gasteiger partial charge in [-0.1, -0.05) is 6.07 Å². The van der Waals surface area contributed by atoms with Crippen LogP contribution >= 0.6 is 11.3 Å². The van der Waals surface area contributed by atoms with Gasteiger partial charge < -0.3 is 16.0 Å². The van der Waals surface area contributed by atoms with Crippen LogP contribution in [0.5, 0.6) is 0 Å². The van der Waals surface area contributed by atoms with E-state index >= 15 is 0 Å². The molecular weight excluding hydrogens is 369 g/mol. The first-order chi connectivity index (χ1) is 12.9. The van der Waals surface area contributed by atoms with Crippen molar-refractivity contribution in [3.63, 3.8) is 0 Å². The maximum atomic E-state index is 13.2. The number of nitrogens with one attached hydrogen (secondary N) is 1. The Hall–Kier alpha value is -2.74. The highest BCUT2D eigenvalue weighted by molar-refractivity contribution is 7.14. The van der Waals surface area contributed by atoms with E-state index in [9.17, 15) is 18.8 Å². The van der Waals surface area contributed by atoms with Crippen molar-refractivity contribution < 1.29 is 18.8 Å². The standard InChI is InChI=1S/C19H20FN3O3S/c20-12-3-1-4-13(11-12)22-17(24)8-9-18(25)23-10-2-5-14(23)15-6-7-16(27-15)19(21)26/h1,3-4,6-7,11,14H,2,5,8-10H2,(H2,21,26)(H,22,24). The maximum absolute atomic E-state index is 13.2. The number of amides is 3. The molecule has 3 rings (SSSR count). The fourth-order valence-corrected chi connectivity index (χ4v) is 4.19. The summed E-state index contributed by atoms with van der Waals surface area (Å²) in [5.74, 6) is -1.36. The third-order valence-electron chi connectivity index (χ3n) is 4.45. The predicted octanol–water partition coefficient (Wildman–Crippen LogP) is 3.07. The average Bonchev–Trinajstić information content (AvgIpc) is 3.28. The van der Waals surface area contributed by atoms with Crippen molar-refractivity contribution in [3.8, 4) is 0 Å². The number of carbonyl (C=O) groups is 3. The average molecular weight is 389 g/mol. The molecule has 0 spiro atoms. The van der Waals surface area contributed by atoms with E-state index in [1.165, 1.54) is 29.5 Å². The number of halogens is 1. The van der Waals surface area contributed by atoms with Crippen molar-refractivity contribution in [2.75, 3.05) is 11.9 Å². The highest BCUT2D eigenvalue weighted by Gasteiger charge is 2.31. The minimum atomic E-state index is -0.476. The van der Waals surface area contributed by atoms with Crippen molar-refractivity contribution in [1.29, 1.82) is 0 Å². The first-order valence-corrected chi connectivity index (χ1v) is 9.50. The fraction of sp³-hybridized carbons (Fsp3) is 0.316. The number of hydrogen-bond donors (Lipinski definition) is 2. The number of carbonyl (C=O) groups excluding carboxylic acids is 3. The van der Waals surface area contributed by atoms with Crippen LogP contribution in [0, 0.1) is 5.82 Å². The lowest BCUT2D eigenvalue weighted by molar-refractivity contribution is -0.133. The molecule has 2 aromatic rings. The third-order valence-corrected chi connectivity index (χ3v) is 5.65. The van der Waals surface area contributed by atoms with Crippen molar-refractivity contribution >= 4 is 34.7 Å². The lowest BCUT2D eigenvalue weighted by atomic mass is 10.1. The summed E-state index contributed by atoms with van der Waals surface area (Å²) in [6, 6.07) is 9.04. The molecule has 2 heterocycles. The summed E-state index contributed by atoms with van der Waals surface area (Å²) in [6.45, 7) is 0.624. The van der Waals surface area contributed by atoms with E-state index < -0.39 is 11.7 Å². The van der Waals surface area contributed by atoms with Crippen LogP contribution in [0.3, 0.4) is 0 Å². The lowest BCUT2D eigenvalue weighted by Gasteiger charge is -2.24. The molecule has 1 atom stereocenters. The van der Waals surface area contributed by atoms with Gasteiger partial charge in [0.15, 0.2) is 0 Å². The molecule has 1 aromatic heterocycles. The van der Waals surface area contributed by atoms with Gasteiger partial charge in [0.2, 0.25) is 11.8 Å². The van der Waals surface area contributed by atoms with Crippen molar-refractivity contribution in [2.24, 2.45) is 5.73 Å². The molecule has 1 aromatic carbocycles. The number of likely N-dealkylation sites (tertiary alicyclic amines) is 1. The number of nitrogens with two attached hydrogens (primary N) is 1. The largest absolute Gasteiger partial charge is 0.365 e. The van der Waals surface area contributed by atoms with Gasteiger partial charge in [0.25, 0.3) is 5.91 Å². The van der Waals surface area contributed by atoms with Gasteiger partial charge in [-0.3, -0.25) is 14.4 Å². The summed E-state index contributed by atoms with van der Waals surface area (Å²) < 4.78 is 13.2. The zero-order valence-electron chi connectivity index (χ0n) is 14.6.